The lowest BCUT2D eigenvalue weighted by Crippen LogP contribution is -2.45. The average Bonchev–Trinajstić information content (AvgIpc) is 3.26. The normalized spacial score (nSPS) is 15.2. The van der Waals surface area contributed by atoms with Crippen molar-refractivity contribution in [1.29, 1.82) is 0 Å². The van der Waals surface area contributed by atoms with Crippen LogP contribution in [-0.2, 0) is 16.0 Å². The van der Waals surface area contributed by atoms with Crippen LogP contribution in [0.25, 0.3) is 11.1 Å². The number of amides is 1. The second-order valence-corrected chi connectivity index (χ2v) is 8.00. The predicted molar refractivity (Wildman–Crippen MR) is 114 cm³/mol. The molecule has 0 N–H and O–H groups in total. The van der Waals surface area contributed by atoms with Crippen molar-refractivity contribution in [3.8, 4) is 5.88 Å². The van der Waals surface area contributed by atoms with Crippen molar-refractivity contribution in [2.75, 3.05) is 27.3 Å². The highest BCUT2D eigenvalue weighted by molar-refractivity contribution is 6.42. The van der Waals surface area contributed by atoms with Gasteiger partial charge in [0.15, 0.2) is 5.69 Å². The van der Waals surface area contributed by atoms with Gasteiger partial charge in [-0.05, 0) is 36.6 Å². The van der Waals surface area contributed by atoms with Crippen LogP contribution in [0, 0.1) is 5.82 Å². The van der Waals surface area contributed by atoms with Crippen LogP contribution in [0.3, 0.4) is 0 Å². The topological polar surface area (TPSA) is 112 Å². The molecule has 1 fully saturated rings. The lowest BCUT2D eigenvalue weighted by atomic mass is 9.87. The van der Waals surface area contributed by atoms with Crippen LogP contribution in [0.5, 0.6) is 5.88 Å². The van der Waals surface area contributed by atoms with Crippen LogP contribution in [0.2, 0.25) is 0 Å². The minimum Gasteiger partial charge on any atom is -0.480 e. The number of methoxy groups -OCH3 is 2. The number of benzene rings is 1. The highest BCUT2D eigenvalue weighted by Gasteiger charge is 2.37. The zero-order valence-corrected chi connectivity index (χ0v) is 18.5. The number of likely N-dealkylation sites (tertiary alicyclic amines) is 1. The Kier molecular flexibility index (Phi) is 6.27. The Morgan fingerprint density at radius 2 is 1.82 bits per heavy atom. The number of rotatable bonds is 6. The minimum atomic E-state index is -1.53. The quantitative estimate of drug-likeness (QED) is 0.305. The first kappa shape index (κ1) is 23.3. The number of carbonyl (C=O) groups excluding carboxylic acids is 3. The summed E-state index contributed by atoms with van der Waals surface area (Å²) in [5.74, 6) is -3.12. The number of ether oxygens (including phenoxy) is 2. The van der Waals surface area contributed by atoms with Gasteiger partial charge in [-0.15, -0.1) is 0 Å². The van der Waals surface area contributed by atoms with E-state index in [0.29, 0.717) is 5.56 Å². The standard InChI is InChI=1S/C23H21F2N3O6/c1-32-19-16(11-15-17(18(29)22(31)33-2)27-34-20(15)26-19)21(30)28-9-7-23(25,8-10-28)12-13-3-5-14(24)6-4-13/h3-6,11H,7-10,12H2,1-2H3. The van der Waals surface area contributed by atoms with Crippen molar-refractivity contribution in [2.24, 2.45) is 0 Å². The van der Waals surface area contributed by atoms with Gasteiger partial charge in [0, 0.05) is 19.5 Å². The first-order valence-electron chi connectivity index (χ1n) is 10.4. The molecular weight excluding hydrogens is 452 g/mol. The monoisotopic (exact) mass is 473 g/mol. The van der Waals surface area contributed by atoms with Gasteiger partial charge in [-0.1, -0.05) is 17.3 Å². The molecule has 4 rings (SSSR count). The third kappa shape index (κ3) is 4.45. The van der Waals surface area contributed by atoms with E-state index < -0.39 is 23.3 Å². The summed E-state index contributed by atoms with van der Waals surface area (Å²) in [6, 6.07) is 6.98. The number of Topliss-reactive ketones (excluding diaryl/α,β-unsaturated/α-hetero) is 1. The molecule has 0 bridgehead atoms. The highest BCUT2D eigenvalue weighted by atomic mass is 19.1. The smallest absolute Gasteiger partial charge is 0.381 e. The molecule has 1 aliphatic rings. The van der Waals surface area contributed by atoms with E-state index in [1.807, 2.05) is 0 Å². The van der Waals surface area contributed by atoms with Crippen molar-refractivity contribution in [3.05, 3.63) is 53.0 Å². The number of esters is 1. The van der Waals surface area contributed by atoms with Crippen LogP contribution >= 0.6 is 0 Å². The second kappa shape index (κ2) is 9.16. The number of alkyl halides is 1. The molecule has 11 heteroatoms. The zero-order valence-electron chi connectivity index (χ0n) is 18.5. The maximum Gasteiger partial charge on any atom is 0.381 e. The van der Waals surface area contributed by atoms with Crippen LogP contribution < -0.4 is 4.74 Å². The molecule has 1 saturated heterocycles. The van der Waals surface area contributed by atoms with Crippen molar-refractivity contribution >= 4 is 28.8 Å². The molecule has 3 aromatic rings. The van der Waals surface area contributed by atoms with E-state index in [1.165, 1.54) is 30.2 Å². The predicted octanol–water partition coefficient (Wildman–Crippen LogP) is 2.91. The Bertz CT molecular complexity index is 1250. The summed E-state index contributed by atoms with van der Waals surface area (Å²) in [5.41, 5.74) is -1.28. The number of ketones is 1. The van der Waals surface area contributed by atoms with E-state index in [0.717, 1.165) is 7.11 Å². The summed E-state index contributed by atoms with van der Waals surface area (Å²) >= 11 is 0. The molecule has 9 nitrogen and oxygen atoms in total. The fourth-order valence-corrected chi connectivity index (χ4v) is 3.95. The van der Waals surface area contributed by atoms with Crippen LogP contribution in [0.4, 0.5) is 8.78 Å². The molecule has 0 radical (unpaired) electrons. The lowest BCUT2D eigenvalue weighted by Gasteiger charge is -2.36. The molecule has 3 heterocycles. The second-order valence-electron chi connectivity index (χ2n) is 8.00. The molecule has 0 aliphatic carbocycles. The third-order valence-electron chi connectivity index (χ3n) is 5.82. The average molecular weight is 473 g/mol. The summed E-state index contributed by atoms with van der Waals surface area (Å²) < 4.78 is 43.2. The number of carbonyl (C=O) groups is 3. The van der Waals surface area contributed by atoms with E-state index in [-0.39, 0.29) is 66.4 Å². The van der Waals surface area contributed by atoms with Crippen LogP contribution in [-0.4, -0.2) is 65.7 Å². The lowest BCUT2D eigenvalue weighted by molar-refractivity contribution is -0.135. The molecule has 2 aromatic heterocycles. The SMILES string of the molecule is COC(=O)C(=O)c1noc2nc(OC)c(C(=O)N3CCC(F)(Cc4ccc(F)cc4)CC3)cc12. The number of halogens is 2. The van der Waals surface area contributed by atoms with Gasteiger partial charge in [0.05, 0.1) is 19.6 Å². The largest absolute Gasteiger partial charge is 0.480 e. The van der Waals surface area contributed by atoms with Crippen LogP contribution in [0.15, 0.2) is 34.9 Å². The number of piperidine rings is 1. The molecular formula is C23H21F2N3O6. The molecule has 0 unspecified atom stereocenters. The van der Waals surface area contributed by atoms with E-state index in [1.54, 1.807) is 12.1 Å². The summed E-state index contributed by atoms with van der Waals surface area (Å²) in [6.07, 6.45) is 0.298. The molecule has 0 atom stereocenters. The Balaban J connectivity index is 1.55. The van der Waals surface area contributed by atoms with Gasteiger partial charge in [0.1, 0.15) is 17.0 Å². The molecule has 1 aromatic carbocycles. The minimum absolute atomic E-state index is 0.0157. The molecule has 178 valence electrons. The van der Waals surface area contributed by atoms with E-state index >= 15 is 4.39 Å². The maximum absolute atomic E-state index is 15.4. The van der Waals surface area contributed by atoms with Crippen molar-refractivity contribution in [3.63, 3.8) is 0 Å². The molecule has 0 saturated carbocycles. The van der Waals surface area contributed by atoms with Crippen LogP contribution in [0.1, 0.15) is 39.3 Å². The van der Waals surface area contributed by atoms with Gasteiger partial charge in [-0.3, -0.25) is 9.59 Å². The van der Waals surface area contributed by atoms with Crippen molar-refractivity contribution < 1.29 is 37.2 Å². The Morgan fingerprint density at radius 3 is 2.44 bits per heavy atom. The summed E-state index contributed by atoms with van der Waals surface area (Å²) in [6.45, 7) is 0.268. The number of aromatic nitrogens is 2. The van der Waals surface area contributed by atoms with E-state index in [9.17, 15) is 18.8 Å². The number of pyridine rings is 1. The van der Waals surface area contributed by atoms with Gasteiger partial charge in [-0.25, -0.2) is 13.6 Å². The number of nitrogens with zero attached hydrogens (tertiary/aromatic N) is 3. The van der Waals surface area contributed by atoms with Gasteiger partial charge < -0.3 is 18.9 Å². The van der Waals surface area contributed by atoms with Crippen molar-refractivity contribution in [2.45, 2.75) is 24.9 Å². The van der Waals surface area contributed by atoms with Gasteiger partial charge in [0.2, 0.25) is 5.88 Å². The summed E-state index contributed by atoms with van der Waals surface area (Å²) in [7, 11) is 2.36. The summed E-state index contributed by atoms with van der Waals surface area (Å²) in [5, 5.41) is 3.62. The number of fused-ring (bicyclic) bond motifs is 1. The molecule has 1 amide bonds. The Labute approximate surface area is 192 Å². The maximum atomic E-state index is 15.4. The van der Waals surface area contributed by atoms with Gasteiger partial charge in [0.25, 0.3) is 17.4 Å². The number of hydrogen-bond acceptors (Lipinski definition) is 8. The van der Waals surface area contributed by atoms with Gasteiger partial charge in [-0.2, -0.15) is 4.98 Å². The third-order valence-corrected chi connectivity index (χ3v) is 5.82. The number of hydrogen-bond donors (Lipinski definition) is 0. The van der Waals surface area contributed by atoms with Gasteiger partial charge >= 0.3 is 5.97 Å². The van der Waals surface area contributed by atoms with E-state index in [2.05, 4.69) is 14.9 Å². The molecule has 34 heavy (non-hydrogen) atoms. The first-order valence-corrected chi connectivity index (χ1v) is 10.4. The Hall–Kier alpha value is -3.89. The molecule has 1 aliphatic heterocycles. The summed E-state index contributed by atoms with van der Waals surface area (Å²) in [4.78, 5) is 42.6. The first-order chi connectivity index (χ1) is 16.2. The molecule has 0 spiro atoms. The zero-order chi connectivity index (χ0) is 24.5. The Morgan fingerprint density at radius 1 is 1.15 bits per heavy atom. The van der Waals surface area contributed by atoms with Crippen molar-refractivity contribution in [1.82, 2.24) is 15.0 Å². The fraction of sp³-hybridized carbons (Fsp3) is 0.348. The van der Waals surface area contributed by atoms with E-state index in [4.69, 9.17) is 9.26 Å². The highest BCUT2D eigenvalue weighted by Crippen LogP contribution is 2.33. The fourth-order valence-electron chi connectivity index (χ4n) is 3.95.